The highest BCUT2D eigenvalue weighted by Gasteiger charge is 2.22. The zero-order chi connectivity index (χ0) is 19.4. The number of aryl methyl sites for hydroxylation is 1. The predicted molar refractivity (Wildman–Crippen MR) is 97.8 cm³/mol. The Kier molecular flexibility index (Phi) is 5.40. The van der Waals surface area contributed by atoms with Crippen LogP contribution in [0.2, 0.25) is 0 Å². The molecule has 7 nitrogen and oxygen atoms in total. The molecule has 0 aliphatic carbocycles. The number of esters is 1. The van der Waals surface area contributed by atoms with Crippen molar-refractivity contribution in [1.82, 2.24) is 10.2 Å². The highest BCUT2D eigenvalue weighted by molar-refractivity contribution is 5.92. The minimum Gasteiger partial charge on any atom is -0.497 e. The van der Waals surface area contributed by atoms with Crippen LogP contribution in [0.1, 0.15) is 34.8 Å². The Labute approximate surface area is 156 Å². The van der Waals surface area contributed by atoms with E-state index in [0.29, 0.717) is 17.4 Å². The van der Waals surface area contributed by atoms with E-state index in [2.05, 4.69) is 10.2 Å². The lowest BCUT2D eigenvalue weighted by molar-refractivity contribution is 0.0276. The average molecular weight is 368 g/mol. The van der Waals surface area contributed by atoms with Crippen molar-refractivity contribution in [2.45, 2.75) is 20.0 Å². The van der Waals surface area contributed by atoms with Crippen molar-refractivity contribution in [1.29, 1.82) is 0 Å². The molecule has 0 amide bonds. The van der Waals surface area contributed by atoms with Crippen molar-refractivity contribution >= 4 is 5.97 Å². The Morgan fingerprint density at radius 1 is 1.04 bits per heavy atom. The number of hydrogen-bond acceptors (Lipinski definition) is 7. The first-order valence-electron chi connectivity index (χ1n) is 8.35. The minimum absolute atomic E-state index is 0.214. The smallest absolute Gasteiger partial charge is 0.342 e. The van der Waals surface area contributed by atoms with Gasteiger partial charge in [0.25, 0.3) is 5.89 Å². The van der Waals surface area contributed by atoms with Gasteiger partial charge in [-0.3, -0.25) is 0 Å². The third-order valence-electron chi connectivity index (χ3n) is 4.00. The van der Waals surface area contributed by atoms with Crippen molar-refractivity contribution in [2.75, 3.05) is 14.2 Å². The van der Waals surface area contributed by atoms with Gasteiger partial charge in [-0.1, -0.05) is 17.7 Å². The number of carbonyl (C=O) groups excluding carboxylic acids is 1. The standard InChI is InChI=1S/C20H20N2O5/c1-12-5-7-14(8-6-12)19-22-21-18(27-19)13(2)26-20(23)16-10-9-15(24-3)11-17(16)25-4/h5-11,13H,1-4H3/t13-/m1/s1. The van der Waals surface area contributed by atoms with E-state index < -0.39 is 12.1 Å². The maximum absolute atomic E-state index is 12.5. The Bertz CT molecular complexity index is 934. The Morgan fingerprint density at radius 3 is 2.44 bits per heavy atom. The third-order valence-corrected chi connectivity index (χ3v) is 4.00. The van der Waals surface area contributed by atoms with Gasteiger partial charge in [0.1, 0.15) is 17.1 Å². The van der Waals surface area contributed by atoms with Gasteiger partial charge in [-0.05, 0) is 38.1 Å². The SMILES string of the molecule is COc1ccc(C(=O)O[C@H](C)c2nnc(-c3ccc(C)cc3)o2)c(OC)c1. The van der Waals surface area contributed by atoms with E-state index in [-0.39, 0.29) is 11.5 Å². The molecule has 1 aromatic heterocycles. The zero-order valence-corrected chi connectivity index (χ0v) is 15.6. The van der Waals surface area contributed by atoms with Crippen molar-refractivity contribution in [3.8, 4) is 23.0 Å². The molecule has 1 atom stereocenters. The van der Waals surface area contributed by atoms with Gasteiger partial charge in [0.05, 0.1) is 14.2 Å². The van der Waals surface area contributed by atoms with Crippen molar-refractivity contribution < 1.29 is 23.4 Å². The third kappa shape index (κ3) is 4.08. The van der Waals surface area contributed by atoms with Gasteiger partial charge in [0.15, 0.2) is 6.10 Å². The molecule has 0 aliphatic heterocycles. The first-order valence-corrected chi connectivity index (χ1v) is 8.35. The van der Waals surface area contributed by atoms with Crippen LogP contribution in [0.5, 0.6) is 11.5 Å². The van der Waals surface area contributed by atoms with E-state index in [1.165, 1.54) is 14.2 Å². The summed E-state index contributed by atoms with van der Waals surface area (Å²) in [5.41, 5.74) is 2.22. The quantitative estimate of drug-likeness (QED) is 0.609. The summed E-state index contributed by atoms with van der Waals surface area (Å²) in [4.78, 5) is 12.5. The van der Waals surface area contributed by atoms with E-state index in [1.54, 1.807) is 25.1 Å². The van der Waals surface area contributed by atoms with E-state index >= 15 is 0 Å². The van der Waals surface area contributed by atoms with E-state index in [1.807, 2.05) is 31.2 Å². The maximum Gasteiger partial charge on any atom is 0.342 e. The van der Waals surface area contributed by atoms with Crippen LogP contribution in [0.15, 0.2) is 46.9 Å². The maximum atomic E-state index is 12.5. The zero-order valence-electron chi connectivity index (χ0n) is 15.6. The summed E-state index contributed by atoms with van der Waals surface area (Å²) in [6, 6.07) is 12.6. The molecule has 140 valence electrons. The Morgan fingerprint density at radius 2 is 1.78 bits per heavy atom. The molecular weight excluding hydrogens is 348 g/mol. The van der Waals surface area contributed by atoms with Crippen molar-refractivity contribution in [2.24, 2.45) is 0 Å². The molecule has 0 spiro atoms. The molecule has 0 bridgehead atoms. The number of nitrogens with zero attached hydrogens (tertiary/aromatic N) is 2. The van der Waals surface area contributed by atoms with Gasteiger partial charge in [0, 0.05) is 11.6 Å². The van der Waals surface area contributed by atoms with Gasteiger partial charge in [-0.15, -0.1) is 10.2 Å². The topological polar surface area (TPSA) is 83.7 Å². The first kappa shape index (κ1) is 18.4. The summed E-state index contributed by atoms with van der Waals surface area (Å²) in [7, 11) is 3.01. The van der Waals surface area contributed by atoms with Crippen LogP contribution < -0.4 is 9.47 Å². The van der Waals surface area contributed by atoms with E-state index in [0.717, 1.165) is 11.1 Å². The second kappa shape index (κ2) is 7.90. The van der Waals surface area contributed by atoms with Crippen molar-refractivity contribution in [3.05, 3.63) is 59.5 Å². The van der Waals surface area contributed by atoms with Crippen LogP contribution in [-0.2, 0) is 4.74 Å². The number of rotatable bonds is 6. The Hall–Kier alpha value is -3.35. The summed E-state index contributed by atoms with van der Waals surface area (Å²) >= 11 is 0. The molecule has 0 aliphatic rings. The fourth-order valence-corrected chi connectivity index (χ4v) is 2.45. The normalized spacial score (nSPS) is 11.7. The molecule has 0 unspecified atom stereocenters. The predicted octanol–water partition coefficient (Wildman–Crippen LogP) is 3.98. The van der Waals surface area contributed by atoms with Crippen LogP contribution in [0.3, 0.4) is 0 Å². The number of benzene rings is 2. The minimum atomic E-state index is -0.712. The lowest BCUT2D eigenvalue weighted by Gasteiger charge is -2.12. The lowest BCUT2D eigenvalue weighted by Crippen LogP contribution is -2.11. The summed E-state index contributed by atoms with van der Waals surface area (Å²) in [6.45, 7) is 3.67. The molecule has 7 heteroatoms. The Balaban J connectivity index is 1.75. The summed E-state index contributed by atoms with van der Waals surface area (Å²) < 4.78 is 21.5. The van der Waals surface area contributed by atoms with Crippen LogP contribution in [0, 0.1) is 6.92 Å². The molecule has 2 aromatic carbocycles. The van der Waals surface area contributed by atoms with Gasteiger partial charge < -0.3 is 18.6 Å². The fraction of sp³-hybridized carbons (Fsp3) is 0.250. The lowest BCUT2D eigenvalue weighted by atomic mass is 10.1. The van der Waals surface area contributed by atoms with Gasteiger partial charge in [-0.25, -0.2) is 4.79 Å². The van der Waals surface area contributed by atoms with Crippen LogP contribution in [0.25, 0.3) is 11.5 Å². The summed E-state index contributed by atoms with van der Waals surface area (Å²) in [5.74, 6) is 0.965. The van der Waals surface area contributed by atoms with Gasteiger partial charge in [0.2, 0.25) is 5.89 Å². The highest BCUT2D eigenvalue weighted by Crippen LogP contribution is 2.28. The second-order valence-electron chi connectivity index (χ2n) is 5.93. The molecule has 0 N–H and O–H groups in total. The number of methoxy groups -OCH3 is 2. The molecule has 0 fully saturated rings. The molecule has 27 heavy (non-hydrogen) atoms. The largest absolute Gasteiger partial charge is 0.497 e. The number of carbonyl (C=O) groups is 1. The highest BCUT2D eigenvalue weighted by atomic mass is 16.6. The first-order chi connectivity index (χ1) is 13.0. The average Bonchev–Trinajstić information content (AvgIpc) is 3.18. The number of aromatic nitrogens is 2. The molecule has 0 radical (unpaired) electrons. The number of hydrogen-bond donors (Lipinski definition) is 0. The molecule has 0 saturated heterocycles. The molecule has 3 aromatic rings. The second-order valence-corrected chi connectivity index (χ2v) is 5.93. The van der Waals surface area contributed by atoms with Crippen LogP contribution >= 0.6 is 0 Å². The summed E-state index contributed by atoms with van der Waals surface area (Å²) in [6.07, 6.45) is -0.712. The molecule has 1 heterocycles. The molecular formula is C20H20N2O5. The van der Waals surface area contributed by atoms with E-state index in [9.17, 15) is 4.79 Å². The van der Waals surface area contributed by atoms with Gasteiger partial charge >= 0.3 is 5.97 Å². The van der Waals surface area contributed by atoms with E-state index in [4.69, 9.17) is 18.6 Å². The van der Waals surface area contributed by atoms with Crippen LogP contribution in [-0.4, -0.2) is 30.4 Å². The fourth-order valence-electron chi connectivity index (χ4n) is 2.45. The van der Waals surface area contributed by atoms with Crippen LogP contribution in [0.4, 0.5) is 0 Å². The molecule has 0 saturated carbocycles. The molecule has 3 rings (SSSR count). The van der Waals surface area contributed by atoms with Crippen molar-refractivity contribution in [3.63, 3.8) is 0 Å². The summed E-state index contributed by atoms with van der Waals surface area (Å²) in [5, 5.41) is 8.01. The van der Waals surface area contributed by atoms with Gasteiger partial charge in [-0.2, -0.15) is 0 Å². The number of ether oxygens (including phenoxy) is 3. The monoisotopic (exact) mass is 368 g/mol.